The van der Waals surface area contributed by atoms with Crippen molar-refractivity contribution in [2.24, 2.45) is 10.9 Å². The van der Waals surface area contributed by atoms with Gasteiger partial charge in [0.05, 0.1) is 13.2 Å². The maximum absolute atomic E-state index is 10.7. The summed E-state index contributed by atoms with van der Waals surface area (Å²) in [4.78, 5) is 7.03. The Balaban J connectivity index is 1.82. The number of nitrogens with zero attached hydrogens (tertiary/aromatic N) is 2. The van der Waals surface area contributed by atoms with Crippen LogP contribution in [0.5, 0.6) is 0 Å². The van der Waals surface area contributed by atoms with Crippen LogP contribution in [0, 0.1) is 12.8 Å². The third-order valence-electron chi connectivity index (χ3n) is 5.04. The smallest absolute Gasteiger partial charge is 0.191 e. The number of likely N-dealkylation sites (tertiary alicyclic amines) is 1. The van der Waals surface area contributed by atoms with Crippen LogP contribution >= 0.6 is 0 Å². The van der Waals surface area contributed by atoms with Crippen molar-refractivity contribution in [1.29, 1.82) is 0 Å². The van der Waals surface area contributed by atoms with E-state index in [1.165, 1.54) is 12.8 Å². The van der Waals surface area contributed by atoms with Crippen molar-refractivity contribution in [3.63, 3.8) is 0 Å². The lowest BCUT2D eigenvalue weighted by atomic mass is 9.97. The first-order valence-corrected chi connectivity index (χ1v) is 9.97. The molecular formula is C20H36N4O3. The summed E-state index contributed by atoms with van der Waals surface area (Å²) in [7, 11) is 1.75. The monoisotopic (exact) mass is 380 g/mol. The van der Waals surface area contributed by atoms with Crippen molar-refractivity contribution >= 4 is 5.96 Å². The number of nitrogens with one attached hydrogen (secondary N) is 2. The zero-order valence-electron chi connectivity index (χ0n) is 17.3. The second-order valence-electron chi connectivity index (χ2n) is 7.54. The first kappa shape index (κ1) is 21.7. The molecular weight excluding hydrogens is 344 g/mol. The fourth-order valence-corrected chi connectivity index (χ4v) is 3.25. The zero-order valence-corrected chi connectivity index (χ0v) is 17.3. The molecule has 1 unspecified atom stereocenters. The molecule has 0 aromatic carbocycles. The van der Waals surface area contributed by atoms with E-state index in [0.29, 0.717) is 11.7 Å². The van der Waals surface area contributed by atoms with Gasteiger partial charge in [-0.2, -0.15) is 0 Å². The molecule has 2 heterocycles. The summed E-state index contributed by atoms with van der Waals surface area (Å²) in [6.07, 6.45) is 2.36. The maximum atomic E-state index is 10.7. The van der Waals surface area contributed by atoms with Crippen LogP contribution < -0.4 is 10.6 Å². The lowest BCUT2D eigenvalue weighted by Gasteiger charge is -2.32. The number of hydrogen-bond acceptors (Lipinski definition) is 5. The van der Waals surface area contributed by atoms with Crippen LogP contribution in [0.15, 0.2) is 21.5 Å². The molecule has 0 aliphatic carbocycles. The number of aliphatic hydroxyl groups is 1. The summed E-state index contributed by atoms with van der Waals surface area (Å²) < 4.78 is 10.7. The number of hydrogen-bond donors (Lipinski definition) is 3. The normalized spacial score (nSPS) is 19.1. The van der Waals surface area contributed by atoms with E-state index in [1.54, 1.807) is 14.0 Å². The molecule has 1 fully saturated rings. The van der Waals surface area contributed by atoms with Gasteiger partial charge >= 0.3 is 0 Å². The Morgan fingerprint density at radius 1 is 1.37 bits per heavy atom. The topological polar surface area (TPSA) is 82.3 Å². The number of guanidine groups is 1. The van der Waals surface area contributed by atoms with Gasteiger partial charge < -0.3 is 29.8 Å². The van der Waals surface area contributed by atoms with Crippen molar-refractivity contribution < 1.29 is 14.3 Å². The van der Waals surface area contributed by atoms with E-state index >= 15 is 0 Å². The van der Waals surface area contributed by atoms with Gasteiger partial charge in [0.25, 0.3) is 0 Å². The highest BCUT2D eigenvalue weighted by atomic mass is 16.5. The molecule has 1 aromatic rings. The molecule has 3 N–H and O–H groups in total. The van der Waals surface area contributed by atoms with Crippen LogP contribution in [0.25, 0.3) is 0 Å². The lowest BCUT2D eigenvalue weighted by Crippen LogP contribution is -2.44. The molecule has 7 nitrogen and oxygen atoms in total. The van der Waals surface area contributed by atoms with Crippen molar-refractivity contribution in [3.8, 4) is 0 Å². The molecule has 0 amide bonds. The average Bonchev–Trinajstić information content (AvgIpc) is 3.10. The predicted octanol–water partition coefficient (Wildman–Crippen LogP) is 1.71. The Bertz CT molecular complexity index is 578. The summed E-state index contributed by atoms with van der Waals surface area (Å²) in [5.41, 5.74) is -1.12. The Morgan fingerprint density at radius 2 is 2.11 bits per heavy atom. The number of piperidine rings is 1. The summed E-state index contributed by atoms with van der Waals surface area (Å²) >= 11 is 0. The first-order chi connectivity index (χ1) is 12.9. The lowest BCUT2D eigenvalue weighted by molar-refractivity contribution is 0.0428. The molecule has 154 valence electrons. The van der Waals surface area contributed by atoms with Gasteiger partial charge in [-0.25, -0.2) is 4.99 Å². The van der Waals surface area contributed by atoms with E-state index < -0.39 is 5.60 Å². The molecule has 0 saturated carbocycles. The predicted molar refractivity (Wildman–Crippen MR) is 108 cm³/mol. The van der Waals surface area contributed by atoms with Crippen LogP contribution in [0.3, 0.4) is 0 Å². The molecule has 27 heavy (non-hydrogen) atoms. The third kappa shape index (κ3) is 7.16. The van der Waals surface area contributed by atoms with Gasteiger partial charge in [0.1, 0.15) is 17.1 Å². The first-order valence-electron chi connectivity index (χ1n) is 9.97. The highest BCUT2D eigenvalue weighted by Crippen LogP contribution is 2.23. The summed E-state index contributed by atoms with van der Waals surface area (Å²) in [5, 5.41) is 17.4. The minimum absolute atomic E-state index is 0.241. The number of methoxy groups -OCH3 is 1. The minimum atomic E-state index is -1.12. The van der Waals surface area contributed by atoms with Gasteiger partial charge in [0.2, 0.25) is 0 Å². The molecule has 1 aliphatic heterocycles. The van der Waals surface area contributed by atoms with Crippen molar-refractivity contribution in [3.05, 3.63) is 23.7 Å². The highest BCUT2D eigenvalue weighted by molar-refractivity contribution is 5.79. The van der Waals surface area contributed by atoms with Gasteiger partial charge in [-0.3, -0.25) is 0 Å². The van der Waals surface area contributed by atoms with E-state index in [9.17, 15) is 5.11 Å². The Hall–Kier alpha value is -1.57. The van der Waals surface area contributed by atoms with Crippen LogP contribution in [-0.4, -0.2) is 69.0 Å². The van der Waals surface area contributed by atoms with E-state index in [4.69, 9.17) is 9.15 Å². The third-order valence-corrected chi connectivity index (χ3v) is 5.04. The fraction of sp³-hybridized carbons (Fsp3) is 0.750. The molecule has 1 saturated heterocycles. The van der Waals surface area contributed by atoms with Crippen molar-refractivity contribution in [2.75, 3.05) is 53.0 Å². The van der Waals surface area contributed by atoms with E-state index in [2.05, 4.69) is 20.5 Å². The Morgan fingerprint density at radius 3 is 2.70 bits per heavy atom. The minimum Gasteiger partial charge on any atom is -0.463 e. The Kier molecular flexibility index (Phi) is 8.60. The standard InChI is InChI=1S/C20H36N4O3/c1-5-21-19(23-15-20(3,25)18-7-6-16(2)27-18)22-14-17-8-10-24(11-9-17)12-13-26-4/h6-7,17,25H,5,8-15H2,1-4H3,(H2,21,22,23). The molecule has 0 bridgehead atoms. The zero-order chi connectivity index (χ0) is 19.7. The SMILES string of the molecule is CCNC(=NCC(C)(O)c1ccc(C)o1)NCC1CCN(CCOC)CC1. The number of furan rings is 1. The number of ether oxygens (including phenoxy) is 1. The van der Waals surface area contributed by atoms with Gasteiger partial charge in [0.15, 0.2) is 5.96 Å². The van der Waals surface area contributed by atoms with Crippen molar-refractivity contribution in [1.82, 2.24) is 15.5 Å². The molecule has 1 aromatic heterocycles. The molecule has 7 heteroatoms. The quantitative estimate of drug-likeness (QED) is 0.447. The largest absolute Gasteiger partial charge is 0.463 e. The molecule has 0 spiro atoms. The molecule has 2 rings (SSSR count). The van der Waals surface area contributed by atoms with Gasteiger partial charge in [-0.05, 0) is 64.8 Å². The second kappa shape index (κ2) is 10.7. The van der Waals surface area contributed by atoms with Crippen LogP contribution in [0.1, 0.15) is 38.2 Å². The van der Waals surface area contributed by atoms with Crippen LogP contribution in [0.4, 0.5) is 0 Å². The van der Waals surface area contributed by atoms with E-state index in [-0.39, 0.29) is 6.54 Å². The molecule has 1 atom stereocenters. The number of aliphatic imine (C=N–C) groups is 1. The van der Waals surface area contributed by atoms with Gasteiger partial charge in [0, 0.05) is 26.7 Å². The van der Waals surface area contributed by atoms with Gasteiger partial charge in [-0.15, -0.1) is 0 Å². The number of aryl methyl sites for hydroxylation is 1. The summed E-state index contributed by atoms with van der Waals surface area (Å²) in [5.74, 6) is 2.71. The van der Waals surface area contributed by atoms with Gasteiger partial charge in [-0.1, -0.05) is 0 Å². The molecule has 1 aliphatic rings. The van der Waals surface area contributed by atoms with E-state index in [1.807, 2.05) is 26.0 Å². The van der Waals surface area contributed by atoms with Crippen LogP contribution in [-0.2, 0) is 10.3 Å². The molecule has 0 radical (unpaired) electrons. The summed E-state index contributed by atoms with van der Waals surface area (Å²) in [6, 6.07) is 3.67. The second-order valence-corrected chi connectivity index (χ2v) is 7.54. The average molecular weight is 381 g/mol. The number of rotatable bonds is 9. The van der Waals surface area contributed by atoms with E-state index in [0.717, 1.165) is 51.1 Å². The van der Waals surface area contributed by atoms with Crippen molar-refractivity contribution in [2.45, 2.75) is 39.2 Å². The van der Waals surface area contributed by atoms with Crippen LogP contribution in [0.2, 0.25) is 0 Å². The fourth-order valence-electron chi connectivity index (χ4n) is 3.25. The summed E-state index contributed by atoms with van der Waals surface area (Å²) in [6.45, 7) is 11.6. The highest BCUT2D eigenvalue weighted by Gasteiger charge is 2.27. The Labute approximate surface area is 163 Å². The maximum Gasteiger partial charge on any atom is 0.191 e.